The van der Waals surface area contributed by atoms with Crippen LogP contribution in [0.2, 0.25) is 0 Å². The smallest absolute Gasteiger partial charge is 0.237 e. The van der Waals surface area contributed by atoms with Crippen LogP contribution in [0.3, 0.4) is 0 Å². The lowest BCUT2D eigenvalue weighted by Crippen LogP contribution is -2.55. The molecule has 0 spiro atoms. The highest BCUT2D eigenvalue weighted by Gasteiger charge is 2.35. The maximum Gasteiger partial charge on any atom is 0.237 e. The lowest BCUT2D eigenvalue weighted by molar-refractivity contribution is -0.125. The molecule has 2 aliphatic carbocycles. The predicted octanol–water partition coefficient (Wildman–Crippen LogP) is 1.18. The second-order valence-corrected chi connectivity index (χ2v) is 6.68. The molecule has 3 unspecified atom stereocenters. The van der Waals surface area contributed by atoms with Gasteiger partial charge in [0.2, 0.25) is 5.91 Å². The molecule has 1 saturated heterocycles. The third kappa shape index (κ3) is 3.11. The summed E-state index contributed by atoms with van der Waals surface area (Å²) >= 11 is 0. The molecule has 0 aromatic rings. The molecule has 1 amide bonds. The molecule has 2 saturated carbocycles. The highest BCUT2D eigenvalue weighted by atomic mass is 16.3. The van der Waals surface area contributed by atoms with Crippen LogP contribution in [0.15, 0.2) is 0 Å². The van der Waals surface area contributed by atoms with Crippen LogP contribution in [0.25, 0.3) is 0 Å². The van der Waals surface area contributed by atoms with Crippen LogP contribution >= 0.6 is 0 Å². The maximum atomic E-state index is 12.2. The number of piperidine rings is 1. The number of fused-ring (bicyclic) bond motifs is 1. The molecule has 1 heterocycles. The molecule has 1 aliphatic heterocycles. The zero-order chi connectivity index (χ0) is 13.2. The van der Waals surface area contributed by atoms with Crippen molar-refractivity contribution in [3.05, 3.63) is 0 Å². The summed E-state index contributed by atoms with van der Waals surface area (Å²) in [6.07, 6.45) is 9.02. The number of nitrogens with one attached hydrogen (secondary N) is 2. The van der Waals surface area contributed by atoms with Gasteiger partial charge in [0.15, 0.2) is 0 Å². The summed E-state index contributed by atoms with van der Waals surface area (Å²) < 4.78 is 0. The van der Waals surface area contributed by atoms with E-state index >= 15 is 0 Å². The first kappa shape index (κ1) is 13.4. The van der Waals surface area contributed by atoms with Gasteiger partial charge in [-0.3, -0.25) is 4.79 Å². The van der Waals surface area contributed by atoms with Gasteiger partial charge in [0.1, 0.15) is 0 Å². The molecule has 0 aromatic heterocycles. The van der Waals surface area contributed by atoms with Crippen molar-refractivity contribution in [3.8, 4) is 0 Å². The molecular formula is C15H26N2O2. The average Bonchev–Trinajstić information content (AvgIpc) is 2.41. The second kappa shape index (κ2) is 5.80. The van der Waals surface area contributed by atoms with Crippen LogP contribution in [0, 0.1) is 11.8 Å². The van der Waals surface area contributed by atoms with E-state index in [2.05, 4.69) is 10.6 Å². The van der Waals surface area contributed by atoms with E-state index in [0.717, 1.165) is 31.7 Å². The molecule has 4 nitrogen and oxygen atoms in total. The quantitative estimate of drug-likeness (QED) is 0.719. The van der Waals surface area contributed by atoms with Crippen LogP contribution in [0.4, 0.5) is 0 Å². The monoisotopic (exact) mass is 266 g/mol. The SMILES string of the molecule is O=C(NCC1CC(O)C1)C1CCC2CCCCC2N1. The summed E-state index contributed by atoms with van der Waals surface area (Å²) in [5, 5.41) is 15.9. The highest BCUT2D eigenvalue weighted by Crippen LogP contribution is 2.32. The van der Waals surface area contributed by atoms with E-state index in [9.17, 15) is 9.90 Å². The van der Waals surface area contributed by atoms with Crippen LogP contribution < -0.4 is 10.6 Å². The van der Waals surface area contributed by atoms with E-state index in [1.807, 2.05) is 0 Å². The zero-order valence-corrected chi connectivity index (χ0v) is 11.6. The van der Waals surface area contributed by atoms with Gasteiger partial charge in [-0.1, -0.05) is 12.8 Å². The zero-order valence-electron chi connectivity index (χ0n) is 11.6. The van der Waals surface area contributed by atoms with Crippen molar-refractivity contribution in [2.75, 3.05) is 6.54 Å². The molecule has 3 N–H and O–H groups in total. The van der Waals surface area contributed by atoms with Crippen molar-refractivity contribution < 1.29 is 9.90 Å². The molecule has 19 heavy (non-hydrogen) atoms. The molecule has 3 aliphatic rings. The van der Waals surface area contributed by atoms with E-state index in [-0.39, 0.29) is 18.1 Å². The summed E-state index contributed by atoms with van der Waals surface area (Å²) in [6, 6.07) is 0.591. The molecule has 3 rings (SSSR count). The Labute approximate surface area is 115 Å². The molecule has 0 aromatic carbocycles. The molecular weight excluding hydrogens is 240 g/mol. The molecule has 0 radical (unpaired) electrons. The second-order valence-electron chi connectivity index (χ2n) is 6.68. The van der Waals surface area contributed by atoms with E-state index in [0.29, 0.717) is 12.0 Å². The van der Waals surface area contributed by atoms with Gasteiger partial charge in [0.25, 0.3) is 0 Å². The summed E-state index contributed by atoms with van der Waals surface area (Å²) in [6.45, 7) is 0.738. The Morgan fingerprint density at radius 1 is 1.16 bits per heavy atom. The molecule has 3 fully saturated rings. The van der Waals surface area contributed by atoms with Crippen LogP contribution in [0.5, 0.6) is 0 Å². The first-order valence-corrected chi connectivity index (χ1v) is 7.94. The minimum Gasteiger partial charge on any atom is -0.393 e. The number of rotatable bonds is 3. The minimum atomic E-state index is -0.127. The standard InChI is InChI=1S/C15H26N2O2/c18-12-7-10(8-12)9-16-15(19)14-6-5-11-3-1-2-4-13(11)17-14/h10-14,17-18H,1-9H2,(H,16,19). The summed E-state index contributed by atoms with van der Waals surface area (Å²) in [5.41, 5.74) is 0. The first-order chi connectivity index (χ1) is 9.22. The maximum absolute atomic E-state index is 12.2. The fraction of sp³-hybridized carbons (Fsp3) is 0.933. The van der Waals surface area contributed by atoms with Gasteiger partial charge in [0, 0.05) is 12.6 Å². The van der Waals surface area contributed by atoms with Crippen LogP contribution in [0.1, 0.15) is 51.4 Å². The lowest BCUT2D eigenvalue weighted by Gasteiger charge is -2.40. The number of hydrogen-bond acceptors (Lipinski definition) is 3. The number of hydrogen-bond donors (Lipinski definition) is 3. The summed E-state index contributed by atoms with van der Waals surface area (Å²) in [5.74, 6) is 1.47. The Morgan fingerprint density at radius 3 is 2.74 bits per heavy atom. The van der Waals surface area contributed by atoms with Gasteiger partial charge in [-0.25, -0.2) is 0 Å². The number of carbonyl (C=O) groups excluding carboxylic acids is 1. The van der Waals surface area contributed by atoms with Gasteiger partial charge in [-0.05, 0) is 50.4 Å². The molecule has 3 atom stereocenters. The Bertz CT molecular complexity index is 328. The Morgan fingerprint density at radius 2 is 1.95 bits per heavy atom. The average molecular weight is 266 g/mol. The van der Waals surface area contributed by atoms with Crippen LogP contribution in [-0.2, 0) is 4.79 Å². The van der Waals surface area contributed by atoms with Gasteiger partial charge in [-0.2, -0.15) is 0 Å². The van der Waals surface area contributed by atoms with E-state index in [1.165, 1.54) is 32.1 Å². The van der Waals surface area contributed by atoms with Crippen molar-refractivity contribution in [1.29, 1.82) is 0 Å². The predicted molar refractivity (Wildman–Crippen MR) is 73.6 cm³/mol. The van der Waals surface area contributed by atoms with E-state index < -0.39 is 0 Å². The third-order valence-corrected chi connectivity index (χ3v) is 5.24. The molecule has 0 bridgehead atoms. The summed E-state index contributed by atoms with van der Waals surface area (Å²) in [4.78, 5) is 12.2. The molecule has 108 valence electrons. The van der Waals surface area contributed by atoms with Crippen LogP contribution in [-0.4, -0.2) is 35.7 Å². The number of amides is 1. The van der Waals surface area contributed by atoms with Crippen molar-refractivity contribution in [1.82, 2.24) is 10.6 Å². The van der Waals surface area contributed by atoms with E-state index in [1.54, 1.807) is 0 Å². The Kier molecular flexibility index (Phi) is 4.08. The number of carbonyl (C=O) groups is 1. The third-order valence-electron chi connectivity index (χ3n) is 5.24. The Balaban J connectivity index is 1.42. The van der Waals surface area contributed by atoms with Gasteiger partial charge in [-0.15, -0.1) is 0 Å². The van der Waals surface area contributed by atoms with Crippen molar-refractivity contribution in [2.45, 2.75) is 69.6 Å². The van der Waals surface area contributed by atoms with Crippen molar-refractivity contribution in [2.24, 2.45) is 11.8 Å². The van der Waals surface area contributed by atoms with Gasteiger partial charge < -0.3 is 15.7 Å². The minimum absolute atomic E-state index is 0.0179. The number of aliphatic hydroxyl groups excluding tert-OH is 1. The number of aliphatic hydroxyl groups is 1. The fourth-order valence-electron chi connectivity index (χ4n) is 3.94. The lowest BCUT2D eigenvalue weighted by atomic mass is 9.77. The largest absolute Gasteiger partial charge is 0.393 e. The topological polar surface area (TPSA) is 61.4 Å². The highest BCUT2D eigenvalue weighted by molar-refractivity contribution is 5.81. The normalized spacial score (nSPS) is 42.1. The van der Waals surface area contributed by atoms with E-state index in [4.69, 9.17) is 0 Å². The first-order valence-electron chi connectivity index (χ1n) is 7.94. The Hall–Kier alpha value is -0.610. The van der Waals surface area contributed by atoms with Gasteiger partial charge >= 0.3 is 0 Å². The molecule has 4 heteroatoms. The van der Waals surface area contributed by atoms with Gasteiger partial charge in [0.05, 0.1) is 12.1 Å². The van der Waals surface area contributed by atoms with Crippen molar-refractivity contribution >= 4 is 5.91 Å². The summed E-state index contributed by atoms with van der Waals surface area (Å²) in [7, 11) is 0. The fourth-order valence-corrected chi connectivity index (χ4v) is 3.94. The van der Waals surface area contributed by atoms with Crippen molar-refractivity contribution in [3.63, 3.8) is 0 Å².